The quantitative estimate of drug-likeness (QED) is 0.243. The van der Waals surface area contributed by atoms with E-state index in [0.717, 1.165) is 18.7 Å². The van der Waals surface area contributed by atoms with Crippen molar-refractivity contribution in [3.63, 3.8) is 0 Å². The van der Waals surface area contributed by atoms with Gasteiger partial charge in [0.25, 0.3) is 5.91 Å². The second-order valence-electron chi connectivity index (χ2n) is 5.26. The van der Waals surface area contributed by atoms with Gasteiger partial charge in [-0.25, -0.2) is 0 Å². The van der Waals surface area contributed by atoms with Gasteiger partial charge in [-0.05, 0) is 36.4 Å². The Bertz CT molecular complexity index is 694. The lowest BCUT2D eigenvalue weighted by Crippen LogP contribution is -2.42. The maximum atomic E-state index is 12.0. The number of amides is 1. The fraction of sp³-hybridized carbons (Fsp3) is 0.278. The number of benzene rings is 1. The van der Waals surface area contributed by atoms with Crippen molar-refractivity contribution in [2.45, 2.75) is 6.42 Å². The lowest BCUT2D eigenvalue weighted by molar-refractivity contribution is 0.0954. The summed E-state index contributed by atoms with van der Waals surface area (Å²) in [5.41, 5.74) is 1.61. The molecule has 0 aliphatic carbocycles. The number of carbonyl (C=O) groups excluding carboxylic acids is 1. The molecular formula is C18H23ClIN5O. The smallest absolute Gasteiger partial charge is 0.251 e. The Morgan fingerprint density at radius 3 is 2.38 bits per heavy atom. The highest BCUT2D eigenvalue weighted by Crippen LogP contribution is 2.09. The number of carbonyl (C=O) groups is 1. The van der Waals surface area contributed by atoms with Crippen LogP contribution < -0.4 is 16.0 Å². The van der Waals surface area contributed by atoms with Gasteiger partial charge in [0.2, 0.25) is 0 Å². The first-order chi connectivity index (χ1) is 12.2. The fourth-order valence-electron chi connectivity index (χ4n) is 2.14. The molecule has 26 heavy (non-hydrogen) atoms. The van der Waals surface area contributed by atoms with Crippen LogP contribution in [0.2, 0.25) is 5.02 Å². The summed E-state index contributed by atoms with van der Waals surface area (Å²) in [6.07, 6.45) is 2.60. The number of guanidine groups is 1. The Balaban J connectivity index is 0.00000338. The average Bonchev–Trinajstić information content (AvgIpc) is 2.65. The van der Waals surface area contributed by atoms with Gasteiger partial charge in [0.1, 0.15) is 0 Å². The third-order valence-corrected chi connectivity index (χ3v) is 3.68. The molecule has 8 heteroatoms. The molecule has 0 radical (unpaired) electrons. The monoisotopic (exact) mass is 487 g/mol. The first kappa shape index (κ1) is 22.2. The van der Waals surface area contributed by atoms with E-state index in [2.05, 4.69) is 25.9 Å². The zero-order valence-electron chi connectivity index (χ0n) is 14.5. The van der Waals surface area contributed by atoms with Gasteiger partial charge in [0.05, 0.1) is 0 Å². The summed E-state index contributed by atoms with van der Waals surface area (Å²) in [5.74, 6) is 0.563. The Morgan fingerprint density at radius 2 is 1.73 bits per heavy atom. The summed E-state index contributed by atoms with van der Waals surface area (Å²) >= 11 is 5.81. The number of hydrogen-bond donors (Lipinski definition) is 3. The van der Waals surface area contributed by atoms with E-state index < -0.39 is 0 Å². The number of halogens is 2. The SMILES string of the molecule is CN=C(NCCNC(=O)c1ccc(Cl)cc1)NCCc1ccccn1.I. The van der Waals surface area contributed by atoms with Crippen LogP contribution in [-0.2, 0) is 6.42 Å². The van der Waals surface area contributed by atoms with Crippen molar-refractivity contribution in [1.29, 1.82) is 0 Å². The summed E-state index contributed by atoms with van der Waals surface area (Å²) in [7, 11) is 1.71. The van der Waals surface area contributed by atoms with E-state index in [1.807, 2.05) is 18.2 Å². The van der Waals surface area contributed by atoms with E-state index in [-0.39, 0.29) is 29.9 Å². The van der Waals surface area contributed by atoms with Gasteiger partial charge in [-0.3, -0.25) is 14.8 Å². The number of aliphatic imine (C=N–C) groups is 1. The van der Waals surface area contributed by atoms with E-state index in [1.54, 1.807) is 37.5 Å². The molecule has 0 fully saturated rings. The highest BCUT2D eigenvalue weighted by Gasteiger charge is 2.04. The normalized spacial score (nSPS) is 10.6. The van der Waals surface area contributed by atoms with Crippen LogP contribution >= 0.6 is 35.6 Å². The summed E-state index contributed by atoms with van der Waals surface area (Å²) in [5, 5.41) is 9.82. The molecule has 1 amide bonds. The minimum atomic E-state index is -0.128. The molecule has 1 aromatic carbocycles. The number of nitrogens with one attached hydrogen (secondary N) is 3. The molecule has 0 saturated carbocycles. The average molecular weight is 488 g/mol. The van der Waals surface area contributed by atoms with Crippen LogP contribution in [0.3, 0.4) is 0 Å². The molecule has 2 aromatic rings. The summed E-state index contributed by atoms with van der Waals surface area (Å²) < 4.78 is 0. The maximum Gasteiger partial charge on any atom is 0.251 e. The molecule has 0 atom stereocenters. The number of nitrogens with zero attached hydrogens (tertiary/aromatic N) is 2. The zero-order valence-corrected chi connectivity index (χ0v) is 17.6. The third kappa shape index (κ3) is 8.01. The second-order valence-corrected chi connectivity index (χ2v) is 5.70. The Hall–Kier alpha value is -1.87. The largest absolute Gasteiger partial charge is 0.356 e. The first-order valence-corrected chi connectivity index (χ1v) is 8.45. The highest BCUT2D eigenvalue weighted by atomic mass is 127. The van der Waals surface area contributed by atoms with E-state index in [9.17, 15) is 4.79 Å². The second kappa shape index (κ2) is 12.5. The molecule has 0 spiro atoms. The molecular weight excluding hydrogens is 465 g/mol. The summed E-state index contributed by atoms with van der Waals surface area (Å²) in [4.78, 5) is 20.4. The molecule has 1 heterocycles. The molecule has 3 N–H and O–H groups in total. The maximum absolute atomic E-state index is 12.0. The van der Waals surface area contributed by atoms with Gasteiger partial charge in [-0.15, -0.1) is 24.0 Å². The number of hydrogen-bond acceptors (Lipinski definition) is 3. The molecule has 0 bridgehead atoms. The van der Waals surface area contributed by atoms with Crippen molar-refractivity contribution in [2.75, 3.05) is 26.7 Å². The number of aromatic nitrogens is 1. The van der Waals surface area contributed by atoms with Gasteiger partial charge in [-0.2, -0.15) is 0 Å². The zero-order chi connectivity index (χ0) is 17.9. The van der Waals surface area contributed by atoms with Crippen LogP contribution in [0.25, 0.3) is 0 Å². The lowest BCUT2D eigenvalue weighted by Gasteiger charge is -2.12. The van der Waals surface area contributed by atoms with E-state index in [0.29, 0.717) is 29.6 Å². The molecule has 2 rings (SSSR count). The highest BCUT2D eigenvalue weighted by molar-refractivity contribution is 14.0. The molecule has 1 aromatic heterocycles. The van der Waals surface area contributed by atoms with Crippen molar-refractivity contribution in [3.8, 4) is 0 Å². The van der Waals surface area contributed by atoms with E-state index >= 15 is 0 Å². The van der Waals surface area contributed by atoms with Gasteiger partial charge >= 0.3 is 0 Å². The van der Waals surface area contributed by atoms with Gasteiger partial charge in [0, 0.05) is 55.6 Å². The standard InChI is InChI=1S/C18H22ClN5O.HI/c1-20-18(23-11-9-16-4-2-3-10-21-16)24-13-12-22-17(25)14-5-7-15(19)8-6-14;/h2-8,10H,9,11-13H2,1H3,(H,22,25)(H2,20,23,24);1H. The predicted octanol–water partition coefficient (Wildman–Crippen LogP) is 2.49. The van der Waals surface area contributed by atoms with Crippen molar-refractivity contribution in [2.24, 2.45) is 4.99 Å². The molecule has 6 nitrogen and oxygen atoms in total. The Kier molecular flexibility index (Phi) is 10.6. The van der Waals surface area contributed by atoms with Crippen LogP contribution in [-0.4, -0.2) is 43.5 Å². The third-order valence-electron chi connectivity index (χ3n) is 3.43. The van der Waals surface area contributed by atoms with E-state index in [1.165, 1.54) is 0 Å². The molecule has 0 aliphatic heterocycles. The Labute approximate surface area is 175 Å². The van der Waals surface area contributed by atoms with Crippen LogP contribution in [0.5, 0.6) is 0 Å². The first-order valence-electron chi connectivity index (χ1n) is 8.07. The van der Waals surface area contributed by atoms with Crippen molar-refractivity contribution >= 4 is 47.4 Å². The van der Waals surface area contributed by atoms with Gasteiger partial charge in [-0.1, -0.05) is 17.7 Å². The van der Waals surface area contributed by atoms with E-state index in [4.69, 9.17) is 11.6 Å². The topological polar surface area (TPSA) is 78.4 Å². The Morgan fingerprint density at radius 1 is 1.04 bits per heavy atom. The predicted molar refractivity (Wildman–Crippen MR) is 117 cm³/mol. The summed E-state index contributed by atoms with van der Waals surface area (Å²) in [6, 6.07) is 12.6. The minimum absolute atomic E-state index is 0. The number of pyridine rings is 1. The fourth-order valence-corrected chi connectivity index (χ4v) is 2.26. The van der Waals surface area contributed by atoms with Crippen LogP contribution in [0.4, 0.5) is 0 Å². The van der Waals surface area contributed by atoms with Crippen molar-refractivity contribution in [1.82, 2.24) is 20.9 Å². The molecule has 0 aliphatic rings. The van der Waals surface area contributed by atoms with Crippen LogP contribution in [0.1, 0.15) is 16.1 Å². The number of rotatable bonds is 7. The van der Waals surface area contributed by atoms with Gasteiger partial charge < -0.3 is 16.0 Å². The lowest BCUT2D eigenvalue weighted by atomic mass is 10.2. The van der Waals surface area contributed by atoms with Gasteiger partial charge in [0.15, 0.2) is 5.96 Å². The molecule has 140 valence electrons. The van der Waals surface area contributed by atoms with Crippen LogP contribution in [0, 0.1) is 0 Å². The van der Waals surface area contributed by atoms with Crippen molar-refractivity contribution in [3.05, 3.63) is 64.9 Å². The van der Waals surface area contributed by atoms with Crippen LogP contribution in [0.15, 0.2) is 53.7 Å². The molecule has 0 saturated heterocycles. The minimum Gasteiger partial charge on any atom is -0.356 e. The molecule has 0 unspecified atom stereocenters. The van der Waals surface area contributed by atoms with Crippen molar-refractivity contribution < 1.29 is 4.79 Å². The summed E-state index contributed by atoms with van der Waals surface area (Å²) in [6.45, 7) is 1.79.